The molecular weight excluding hydrogens is 280 g/mol. The first-order valence-corrected chi connectivity index (χ1v) is 7.15. The second kappa shape index (κ2) is 5.44. The van der Waals surface area contributed by atoms with Crippen LogP contribution in [0.1, 0.15) is 25.0 Å². The van der Waals surface area contributed by atoms with E-state index in [1.54, 1.807) is 30.8 Å². The normalized spacial score (nSPS) is 14.9. The Balaban J connectivity index is 2.08. The molecule has 0 fully saturated rings. The Kier molecular flexibility index (Phi) is 3.61. The van der Waals surface area contributed by atoms with E-state index in [-0.39, 0.29) is 6.61 Å². The van der Waals surface area contributed by atoms with Crippen LogP contribution in [0.3, 0.4) is 0 Å². The lowest BCUT2D eigenvalue weighted by molar-refractivity contribution is 0.0283. The van der Waals surface area contributed by atoms with Gasteiger partial charge in [-0.25, -0.2) is 4.52 Å². The summed E-state index contributed by atoms with van der Waals surface area (Å²) < 4.78 is 7.34. The molecular formula is C16H18N4O2. The quantitative estimate of drug-likeness (QED) is 0.890. The predicted octanol–water partition coefficient (Wildman–Crippen LogP) is 1.34. The van der Waals surface area contributed by atoms with Gasteiger partial charge in [-0.1, -0.05) is 6.08 Å². The lowest BCUT2D eigenvalue weighted by Gasteiger charge is -2.18. The number of rotatable bonds is 4. The third kappa shape index (κ3) is 2.82. The van der Waals surface area contributed by atoms with Crippen LogP contribution in [-0.4, -0.2) is 40.0 Å². The number of pyridine rings is 1. The van der Waals surface area contributed by atoms with Crippen LogP contribution in [0.5, 0.6) is 5.75 Å². The fourth-order valence-electron chi connectivity index (χ4n) is 2.44. The van der Waals surface area contributed by atoms with E-state index in [9.17, 15) is 10.4 Å². The average Bonchev–Trinajstić information content (AvgIpc) is 3.12. The van der Waals surface area contributed by atoms with E-state index in [0.29, 0.717) is 11.3 Å². The molecule has 1 aliphatic rings. The zero-order chi connectivity index (χ0) is 15.7. The summed E-state index contributed by atoms with van der Waals surface area (Å²) in [6, 6.07) is 4.08. The van der Waals surface area contributed by atoms with Crippen molar-refractivity contribution < 1.29 is 9.84 Å². The number of hydrogen-bond donors (Lipinski definition) is 2. The highest BCUT2D eigenvalue weighted by atomic mass is 16.5. The molecule has 1 aliphatic heterocycles. The number of aliphatic hydroxyl groups is 1. The molecule has 0 unspecified atom stereocenters. The fourth-order valence-corrected chi connectivity index (χ4v) is 2.44. The van der Waals surface area contributed by atoms with Gasteiger partial charge in [0.2, 0.25) is 0 Å². The van der Waals surface area contributed by atoms with Crippen LogP contribution in [0.15, 0.2) is 24.5 Å². The van der Waals surface area contributed by atoms with Crippen LogP contribution in [0.4, 0.5) is 0 Å². The Bertz CT molecular complexity index is 778. The predicted molar refractivity (Wildman–Crippen MR) is 82.5 cm³/mol. The molecule has 0 saturated carbocycles. The minimum Gasteiger partial charge on any atom is -0.489 e. The highest BCUT2D eigenvalue weighted by molar-refractivity contribution is 5.84. The summed E-state index contributed by atoms with van der Waals surface area (Å²) in [4.78, 5) is 0. The van der Waals surface area contributed by atoms with E-state index in [1.807, 2.05) is 6.07 Å². The summed E-state index contributed by atoms with van der Waals surface area (Å²) in [6.45, 7) is 5.13. The van der Waals surface area contributed by atoms with Crippen molar-refractivity contribution in [2.45, 2.75) is 19.4 Å². The van der Waals surface area contributed by atoms with Crippen molar-refractivity contribution in [2.24, 2.45) is 0 Å². The van der Waals surface area contributed by atoms with Gasteiger partial charge in [0.15, 0.2) is 0 Å². The average molecular weight is 298 g/mol. The number of nitrogens with zero attached hydrogens (tertiary/aromatic N) is 3. The number of ether oxygens (including phenoxy) is 1. The topological polar surface area (TPSA) is 82.6 Å². The second-order valence-corrected chi connectivity index (χ2v) is 6.01. The molecule has 0 aromatic carbocycles. The summed E-state index contributed by atoms with van der Waals surface area (Å²) in [6.07, 6.45) is 5.39. The summed E-state index contributed by atoms with van der Waals surface area (Å²) in [5.41, 5.74) is 2.47. The van der Waals surface area contributed by atoms with E-state index >= 15 is 0 Å². The first kappa shape index (κ1) is 14.6. The minimum absolute atomic E-state index is 0.182. The van der Waals surface area contributed by atoms with Crippen molar-refractivity contribution in [3.63, 3.8) is 0 Å². The maximum Gasteiger partial charge on any atom is 0.138 e. The summed E-state index contributed by atoms with van der Waals surface area (Å²) >= 11 is 0. The van der Waals surface area contributed by atoms with E-state index in [0.717, 1.165) is 29.7 Å². The van der Waals surface area contributed by atoms with Gasteiger partial charge in [-0.3, -0.25) is 0 Å². The molecule has 22 heavy (non-hydrogen) atoms. The monoisotopic (exact) mass is 298 g/mol. The van der Waals surface area contributed by atoms with Crippen LogP contribution in [0.2, 0.25) is 0 Å². The van der Waals surface area contributed by atoms with Crippen molar-refractivity contribution >= 4 is 11.1 Å². The van der Waals surface area contributed by atoms with Crippen LogP contribution in [0, 0.1) is 11.3 Å². The van der Waals surface area contributed by atoms with Crippen molar-refractivity contribution in [2.75, 3.05) is 19.7 Å². The van der Waals surface area contributed by atoms with E-state index < -0.39 is 5.60 Å². The molecule has 0 atom stereocenters. The molecule has 0 amide bonds. The molecule has 6 nitrogen and oxygen atoms in total. The Hall–Kier alpha value is -2.36. The first-order valence-electron chi connectivity index (χ1n) is 7.15. The van der Waals surface area contributed by atoms with Gasteiger partial charge in [-0.15, -0.1) is 0 Å². The van der Waals surface area contributed by atoms with Crippen LogP contribution >= 0.6 is 0 Å². The third-order valence-corrected chi connectivity index (χ3v) is 3.45. The maximum atomic E-state index is 9.80. The number of aromatic nitrogens is 2. The highest BCUT2D eigenvalue weighted by Crippen LogP contribution is 2.28. The molecule has 2 aromatic rings. The van der Waals surface area contributed by atoms with Crippen molar-refractivity contribution in [3.05, 3.63) is 35.7 Å². The molecule has 114 valence electrons. The first-order chi connectivity index (χ1) is 10.5. The van der Waals surface area contributed by atoms with Crippen molar-refractivity contribution in [1.29, 1.82) is 5.26 Å². The largest absolute Gasteiger partial charge is 0.489 e. The molecule has 0 bridgehead atoms. The van der Waals surface area contributed by atoms with Crippen molar-refractivity contribution in [1.82, 2.24) is 14.9 Å². The fraction of sp³-hybridized carbons (Fsp3) is 0.375. The molecule has 0 radical (unpaired) electrons. The standard InChI is InChI=1S/C16H18N4O2/c1-16(2,21)10-22-13-5-14(11-3-4-18-7-11)15-12(6-17)8-19-20(15)9-13/h3,5,8-9,18,21H,4,7,10H2,1-2H3. The zero-order valence-electron chi connectivity index (χ0n) is 12.6. The number of fused-ring (bicyclic) bond motifs is 1. The van der Waals surface area contributed by atoms with Gasteiger partial charge in [0.05, 0.1) is 29.1 Å². The number of hydrogen-bond acceptors (Lipinski definition) is 5. The maximum absolute atomic E-state index is 9.80. The number of nitriles is 1. The van der Waals surface area contributed by atoms with Gasteiger partial charge in [0, 0.05) is 18.7 Å². The SMILES string of the molecule is CC(C)(O)COc1cc(C2=CCNC2)c2c(C#N)cnn2c1. The Labute approximate surface area is 128 Å². The minimum atomic E-state index is -0.911. The summed E-state index contributed by atoms with van der Waals surface area (Å²) in [5.74, 6) is 0.616. The Morgan fingerprint density at radius 1 is 1.55 bits per heavy atom. The van der Waals surface area contributed by atoms with Gasteiger partial charge < -0.3 is 15.2 Å². The highest BCUT2D eigenvalue weighted by Gasteiger charge is 2.18. The summed E-state index contributed by atoms with van der Waals surface area (Å²) in [5, 5.41) is 26.6. The smallest absolute Gasteiger partial charge is 0.138 e. The lowest BCUT2D eigenvalue weighted by atomic mass is 10.0. The Morgan fingerprint density at radius 3 is 3.00 bits per heavy atom. The molecule has 6 heteroatoms. The Morgan fingerprint density at radius 2 is 2.36 bits per heavy atom. The van der Waals surface area contributed by atoms with Crippen LogP contribution in [-0.2, 0) is 0 Å². The third-order valence-electron chi connectivity index (χ3n) is 3.45. The van der Waals surface area contributed by atoms with E-state index in [1.165, 1.54) is 0 Å². The second-order valence-electron chi connectivity index (χ2n) is 6.01. The van der Waals surface area contributed by atoms with Gasteiger partial charge in [0.25, 0.3) is 0 Å². The zero-order valence-corrected chi connectivity index (χ0v) is 12.6. The molecule has 3 heterocycles. The van der Waals surface area contributed by atoms with Gasteiger partial charge in [0.1, 0.15) is 18.4 Å². The molecule has 0 saturated heterocycles. The molecule has 0 aliphatic carbocycles. The van der Waals surface area contributed by atoms with E-state index in [2.05, 4.69) is 22.6 Å². The van der Waals surface area contributed by atoms with E-state index in [4.69, 9.17) is 4.74 Å². The van der Waals surface area contributed by atoms with Gasteiger partial charge >= 0.3 is 0 Å². The van der Waals surface area contributed by atoms with Crippen molar-refractivity contribution in [3.8, 4) is 11.8 Å². The molecule has 2 aromatic heterocycles. The molecule has 3 rings (SSSR count). The number of nitrogens with one attached hydrogen (secondary N) is 1. The molecule has 2 N–H and O–H groups in total. The van der Waals surface area contributed by atoms with Gasteiger partial charge in [-0.05, 0) is 25.5 Å². The van der Waals surface area contributed by atoms with Gasteiger partial charge in [-0.2, -0.15) is 10.4 Å². The van der Waals surface area contributed by atoms with Crippen LogP contribution in [0.25, 0.3) is 11.1 Å². The molecule has 0 spiro atoms. The lowest BCUT2D eigenvalue weighted by Crippen LogP contribution is -2.28. The summed E-state index contributed by atoms with van der Waals surface area (Å²) in [7, 11) is 0. The van der Waals surface area contributed by atoms with Crippen LogP contribution < -0.4 is 10.1 Å².